The summed E-state index contributed by atoms with van der Waals surface area (Å²) in [6.07, 6.45) is -5.59. The first kappa shape index (κ1) is 17.3. The molecule has 0 aromatic heterocycles. The second-order valence-electron chi connectivity index (χ2n) is 4.96. The number of rotatable bonds is 7. The van der Waals surface area contributed by atoms with E-state index in [2.05, 4.69) is 5.32 Å². The maximum Gasteiger partial charge on any atom is 0.407 e. The molecular weight excluding hydrogens is 284 g/mol. The Kier molecular flexibility index (Phi) is 6.51. The van der Waals surface area contributed by atoms with Gasteiger partial charge in [-0.25, -0.2) is 13.6 Å². The highest BCUT2D eigenvalue weighted by atomic mass is 19.3. The zero-order valence-corrected chi connectivity index (χ0v) is 11.6. The van der Waals surface area contributed by atoms with Gasteiger partial charge in [0.05, 0.1) is 6.10 Å². The number of hydrogen-bond acceptors (Lipinski definition) is 4. The molecular formula is C14H19F2NO4. The quantitative estimate of drug-likeness (QED) is 0.716. The van der Waals surface area contributed by atoms with Gasteiger partial charge in [0.25, 0.3) is 6.43 Å². The zero-order chi connectivity index (χ0) is 15.9. The first-order chi connectivity index (χ1) is 9.81. The van der Waals surface area contributed by atoms with Crippen LogP contribution in [0.5, 0.6) is 0 Å². The minimum atomic E-state index is -2.97. The summed E-state index contributed by atoms with van der Waals surface area (Å²) in [5.41, 5.74) is -1.50. The Hall–Kier alpha value is -1.73. The van der Waals surface area contributed by atoms with E-state index in [9.17, 15) is 23.8 Å². The first-order valence-corrected chi connectivity index (χ1v) is 6.44. The normalized spacial score (nSPS) is 15.3. The molecule has 1 aromatic rings. The molecule has 0 aliphatic heterocycles. The Morgan fingerprint density at radius 2 is 2.00 bits per heavy atom. The van der Waals surface area contributed by atoms with Crippen LogP contribution in [0.2, 0.25) is 0 Å². The smallest absolute Gasteiger partial charge is 0.407 e. The van der Waals surface area contributed by atoms with Crippen LogP contribution in [0.25, 0.3) is 0 Å². The maximum atomic E-state index is 12.4. The molecule has 3 N–H and O–H groups in total. The zero-order valence-electron chi connectivity index (χ0n) is 11.6. The summed E-state index contributed by atoms with van der Waals surface area (Å²) < 4.78 is 29.7. The van der Waals surface area contributed by atoms with Crippen molar-refractivity contribution in [2.24, 2.45) is 0 Å². The molecule has 0 aliphatic rings. The number of alkyl halides is 2. The standard InChI is InChI=1S/C14H19F2NO4/c1-14(20,12(15)16)7-11(18)8-17-13(19)21-9-10-5-3-2-4-6-10/h2-6,11-12,18,20H,7-9H2,1H3,(H,17,19). The second-order valence-corrected chi connectivity index (χ2v) is 4.96. The molecule has 21 heavy (non-hydrogen) atoms. The van der Waals surface area contributed by atoms with E-state index in [0.717, 1.165) is 12.5 Å². The van der Waals surface area contributed by atoms with Crippen LogP contribution in [-0.4, -0.2) is 41.0 Å². The number of amides is 1. The Morgan fingerprint density at radius 3 is 2.57 bits per heavy atom. The fourth-order valence-electron chi connectivity index (χ4n) is 1.61. The lowest BCUT2D eigenvalue weighted by Gasteiger charge is -2.25. The molecule has 5 nitrogen and oxygen atoms in total. The van der Waals surface area contributed by atoms with Crippen molar-refractivity contribution in [2.75, 3.05) is 6.54 Å². The van der Waals surface area contributed by atoms with Crippen molar-refractivity contribution in [3.05, 3.63) is 35.9 Å². The van der Waals surface area contributed by atoms with Crippen LogP contribution >= 0.6 is 0 Å². The van der Waals surface area contributed by atoms with Crippen LogP contribution in [0.4, 0.5) is 13.6 Å². The summed E-state index contributed by atoms with van der Waals surface area (Å²) >= 11 is 0. The molecule has 1 amide bonds. The van der Waals surface area contributed by atoms with Crippen LogP contribution in [0.15, 0.2) is 30.3 Å². The fraction of sp³-hybridized carbons (Fsp3) is 0.500. The van der Waals surface area contributed by atoms with Crippen molar-refractivity contribution < 1.29 is 28.5 Å². The molecule has 0 saturated heterocycles. The van der Waals surface area contributed by atoms with E-state index in [4.69, 9.17) is 4.74 Å². The van der Waals surface area contributed by atoms with E-state index in [1.165, 1.54) is 0 Å². The molecule has 2 unspecified atom stereocenters. The third kappa shape index (κ3) is 6.50. The lowest BCUT2D eigenvalue weighted by molar-refractivity contribution is -0.105. The molecule has 1 rings (SSSR count). The number of hydrogen-bond donors (Lipinski definition) is 3. The molecule has 7 heteroatoms. The SMILES string of the molecule is CC(O)(CC(O)CNC(=O)OCc1ccccc1)C(F)F. The highest BCUT2D eigenvalue weighted by molar-refractivity contribution is 5.67. The second kappa shape index (κ2) is 7.90. The van der Waals surface area contributed by atoms with Crippen molar-refractivity contribution in [1.82, 2.24) is 5.32 Å². The number of alkyl carbamates (subject to hydrolysis) is 1. The van der Waals surface area contributed by atoms with Gasteiger partial charge < -0.3 is 20.3 Å². The minimum absolute atomic E-state index is 0.0670. The van der Waals surface area contributed by atoms with Crippen molar-refractivity contribution >= 4 is 6.09 Å². The highest BCUT2D eigenvalue weighted by Gasteiger charge is 2.34. The molecule has 1 aromatic carbocycles. The third-order valence-corrected chi connectivity index (χ3v) is 2.81. The Labute approximate surface area is 121 Å². The summed E-state index contributed by atoms with van der Waals surface area (Å²) in [4.78, 5) is 11.4. The molecule has 0 bridgehead atoms. The van der Waals surface area contributed by atoms with Crippen LogP contribution in [0, 0.1) is 0 Å². The van der Waals surface area contributed by atoms with Gasteiger partial charge in [0.15, 0.2) is 0 Å². The van der Waals surface area contributed by atoms with Crippen molar-refractivity contribution in [3.63, 3.8) is 0 Å². The van der Waals surface area contributed by atoms with E-state index >= 15 is 0 Å². The summed E-state index contributed by atoms with van der Waals surface area (Å²) in [6, 6.07) is 8.98. The van der Waals surface area contributed by atoms with E-state index in [1.807, 2.05) is 6.07 Å². The average molecular weight is 303 g/mol. The third-order valence-electron chi connectivity index (χ3n) is 2.81. The Bertz CT molecular complexity index is 440. The molecule has 0 saturated carbocycles. The minimum Gasteiger partial charge on any atom is -0.445 e. The van der Waals surface area contributed by atoms with E-state index < -0.39 is 30.6 Å². The summed E-state index contributed by atoms with van der Waals surface area (Å²) in [5, 5.41) is 21.1. The highest BCUT2D eigenvalue weighted by Crippen LogP contribution is 2.20. The van der Waals surface area contributed by atoms with Gasteiger partial charge >= 0.3 is 6.09 Å². The number of aliphatic hydroxyl groups is 2. The van der Waals surface area contributed by atoms with Crippen LogP contribution in [0.3, 0.4) is 0 Å². The fourth-order valence-corrected chi connectivity index (χ4v) is 1.61. The van der Waals surface area contributed by atoms with Gasteiger partial charge in [0, 0.05) is 13.0 Å². The number of carbonyl (C=O) groups excluding carboxylic acids is 1. The van der Waals surface area contributed by atoms with E-state index in [-0.39, 0.29) is 13.2 Å². The van der Waals surface area contributed by atoms with Crippen LogP contribution in [-0.2, 0) is 11.3 Å². The number of halogens is 2. The summed E-state index contributed by atoms with van der Waals surface area (Å²) in [5.74, 6) is 0. The van der Waals surface area contributed by atoms with E-state index in [0.29, 0.717) is 0 Å². The van der Waals surface area contributed by atoms with E-state index in [1.54, 1.807) is 24.3 Å². The van der Waals surface area contributed by atoms with Gasteiger partial charge in [-0.1, -0.05) is 30.3 Å². The van der Waals surface area contributed by atoms with Crippen molar-refractivity contribution in [1.29, 1.82) is 0 Å². The van der Waals surface area contributed by atoms with Crippen molar-refractivity contribution in [2.45, 2.75) is 38.1 Å². The number of aliphatic hydroxyl groups excluding tert-OH is 1. The number of carbonyl (C=O) groups is 1. The van der Waals surface area contributed by atoms with Gasteiger partial charge in [0.1, 0.15) is 12.2 Å². The van der Waals surface area contributed by atoms with Gasteiger partial charge in [-0.05, 0) is 12.5 Å². The van der Waals surface area contributed by atoms with Crippen LogP contribution in [0.1, 0.15) is 18.9 Å². The monoisotopic (exact) mass is 303 g/mol. The first-order valence-electron chi connectivity index (χ1n) is 6.44. The molecule has 0 fully saturated rings. The van der Waals surface area contributed by atoms with Crippen LogP contribution < -0.4 is 5.32 Å². The topological polar surface area (TPSA) is 78.8 Å². The van der Waals surface area contributed by atoms with Gasteiger partial charge in [-0.3, -0.25) is 0 Å². The average Bonchev–Trinajstić information content (AvgIpc) is 2.43. The largest absolute Gasteiger partial charge is 0.445 e. The van der Waals surface area contributed by atoms with Gasteiger partial charge in [0.2, 0.25) is 0 Å². The van der Waals surface area contributed by atoms with Gasteiger partial charge in [-0.15, -0.1) is 0 Å². The lowest BCUT2D eigenvalue weighted by Crippen LogP contribution is -2.41. The summed E-state index contributed by atoms with van der Waals surface area (Å²) in [7, 11) is 0. The lowest BCUT2D eigenvalue weighted by atomic mass is 9.99. The number of nitrogens with one attached hydrogen (secondary N) is 1. The molecule has 0 aliphatic carbocycles. The molecule has 118 valence electrons. The molecule has 0 radical (unpaired) electrons. The molecule has 2 atom stereocenters. The predicted molar refractivity (Wildman–Crippen MR) is 71.9 cm³/mol. The predicted octanol–water partition coefficient (Wildman–Crippen LogP) is 1.68. The number of benzene rings is 1. The van der Waals surface area contributed by atoms with Gasteiger partial charge in [-0.2, -0.15) is 0 Å². The Morgan fingerprint density at radius 1 is 1.38 bits per heavy atom. The Balaban J connectivity index is 2.26. The van der Waals surface area contributed by atoms with Crippen molar-refractivity contribution in [3.8, 4) is 0 Å². The molecule has 0 spiro atoms. The molecule has 0 heterocycles. The number of ether oxygens (including phenoxy) is 1. The summed E-state index contributed by atoms with van der Waals surface area (Å²) in [6.45, 7) is 0.711. The maximum absolute atomic E-state index is 12.4.